The van der Waals surface area contributed by atoms with E-state index in [1.807, 2.05) is 59.5 Å². The highest BCUT2D eigenvalue weighted by atomic mass is 16.4. The lowest BCUT2D eigenvalue weighted by atomic mass is 9.74. The maximum absolute atomic E-state index is 13.8. The van der Waals surface area contributed by atoms with Crippen LogP contribution in [0.2, 0.25) is 0 Å². The monoisotopic (exact) mass is 413 g/mol. The molecule has 0 radical (unpaired) electrons. The SMILES string of the molecule is O=C(O)CN1CCC2(CC1)C(=O)N(c1ccc(-c3ccccc3)cc1)c1ncccc12. The zero-order valence-electron chi connectivity index (χ0n) is 17.1. The van der Waals surface area contributed by atoms with Crippen LogP contribution in [0.1, 0.15) is 18.4 Å². The molecule has 31 heavy (non-hydrogen) atoms. The highest BCUT2D eigenvalue weighted by Gasteiger charge is 2.53. The van der Waals surface area contributed by atoms with E-state index in [4.69, 9.17) is 5.11 Å². The lowest BCUT2D eigenvalue weighted by Gasteiger charge is -2.37. The van der Waals surface area contributed by atoms with Gasteiger partial charge in [-0.1, -0.05) is 48.5 Å². The van der Waals surface area contributed by atoms with E-state index in [9.17, 15) is 9.59 Å². The number of fused-ring (bicyclic) bond motifs is 2. The quantitative estimate of drug-likeness (QED) is 0.703. The minimum atomic E-state index is -0.837. The number of carboxylic acids is 1. The number of benzene rings is 2. The zero-order valence-corrected chi connectivity index (χ0v) is 17.1. The highest BCUT2D eigenvalue weighted by Crippen LogP contribution is 2.49. The molecular weight excluding hydrogens is 390 g/mol. The summed E-state index contributed by atoms with van der Waals surface area (Å²) in [6.07, 6.45) is 2.91. The van der Waals surface area contributed by atoms with E-state index < -0.39 is 11.4 Å². The van der Waals surface area contributed by atoms with Crippen molar-refractivity contribution < 1.29 is 14.7 Å². The Labute approximate surface area is 180 Å². The van der Waals surface area contributed by atoms with Gasteiger partial charge in [0.2, 0.25) is 5.91 Å². The van der Waals surface area contributed by atoms with E-state index in [1.54, 1.807) is 11.1 Å². The molecule has 156 valence electrons. The van der Waals surface area contributed by atoms with E-state index in [0.717, 1.165) is 22.4 Å². The van der Waals surface area contributed by atoms with Crippen LogP contribution in [0.25, 0.3) is 11.1 Å². The predicted octanol–water partition coefficient (Wildman–Crippen LogP) is 3.85. The van der Waals surface area contributed by atoms with Crippen molar-refractivity contribution in [3.8, 4) is 11.1 Å². The average molecular weight is 413 g/mol. The predicted molar refractivity (Wildman–Crippen MR) is 118 cm³/mol. The number of carbonyl (C=O) groups is 2. The van der Waals surface area contributed by atoms with Crippen molar-refractivity contribution in [2.75, 3.05) is 24.5 Å². The number of aromatic nitrogens is 1. The molecule has 1 N–H and O–H groups in total. The first-order valence-corrected chi connectivity index (χ1v) is 10.5. The molecule has 2 aliphatic heterocycles. The molecule has 2 aliphatic rings. The molecule has 1 fully saturated rings. The first-order valence-electron chi connectivity index (χ1n) is 10.5. The summed E-state index contributed by atoms with van der Waals surface area (Å²) >= 11 is 0. The molecule has 6 nitrogen and oxygen atoms in total. The van der Waals surface area contributed by atoms with Crippen LogP contribution >= 0.6 is 0 Å². The third-order valence-electron chi connectivity index (χ3n) is 6.43. The van der Waals surface area contributed by atoms with E-state index in [2.05, 4.69) is 17.1 Å². The van der Waals surface area contributed by atoms with Crippen LogP contribution in [-0.2, 0) is 15.0 Å². The molecule has 0 atom stereocenters. The van der Waals surface area contributed by atoms with Crippen LogP contribution in [0.15, 0.2) is 72.9 Å². The third-order valence-corrected chi connectivity index (χ3v) is 6.43. The van der Waals surface area contributed by atoms with Gasteiger partial charge in [-0.2, -0.15) is 0 Å². The van der Waals surface area contributed by atoms with Crippen molar-refractivity contribution in [2.24, 2.45) is 0 Å². The van der Waals surface area contributed by atoms with E-state index >= 15 is 0 Å². The Morgan fingerprint density at radius 1 is 0.935 bits per heavy atom. The van der Waals surface area contributed by atoms with Crippen LogP contribution in [0.3, 0.4) is 0 Å². The van der Waals surface area contributed by atoms with Gasteiger partial charge in [0.1, 0.15) is 5.82 Å². The van der Waals surface area contributed by atoms with Gasteiger partial charge in [0.15, 0.2) is 0 Å². The van der Waals surface area contributed by atoms with Gasteiger partial charge in [-0.15, -0.1) is 0 Å². The summed E-state index contributed by atoms with van der Waals surface area (Å²) in [4.78, 5) is 33.1. The van der Waals surface area contributed by atoms with Gasteiger partial charge in [-0.25, -0.2) is 4.98 Å². The summed E-state index contributed by atoms with van der Waals surface area (Å²) < 4.78 is 0. The Balaban J connectivity index is 1.47. The Kier molecular flexibility index (Phi) is 4.79. The summed E-state index contributed by atoms with van der Waals surface area (Å²) in [7, 11) is 0. The van der Waals surface area contributed by atoms with Gasteiger partial charge >= 0.3 is 5.97 Å². The number of aliphatic carboxylic acids is 1. The molecule has 0 unspecified atom stereocenters. The zero-order chi connectivity index (χ0) is 21.4. The molecule has 3 heterocycles. The average Bonchev–Trinajstić information content (AvgIpc) is 3.04. The van der Waals surface area contributed by atoms with Crippen LogP contribution in [0.4, 0.5) is 11.5 Å². The molecule has 1 saturated heterocycles. The smallest absolute Gasteiger partial charge is 0.317 e. The lowest BCUT2D eigenvalue weighted by molar-refractivity contribution is -0.138. The molecule has 0 aliphatic carbocycles. The lowest BCUT2D eigenvalue weighted by Crippen LogP contribution is -2.48. The number of carbonyl (C=O) groups excluding carboxylic acids is 1. The second-order valence-corrected chi connectivity index (χ2v) is 8.18. The minimum absolute atomic E-state index is 0.00876. The first-order chi connectivity index (χ1) is 15.1. The largest absolute Gasteiger partial charge is 0.480 e. The van der Waals surface area contributed by atoms with Crippen LogP contribution in [0.5, 0.6) is 0 Å². The number of rotatable bonds is 4. The minimum Gasteiger partial charge on any atom is -0.480 e. The molecule has 2 aromatic carbocycles. The van der Waals surface area contributed by atoms with Crippen molar-refractivity contribution in [1.82, 2.24) is 9.88 Å². The molecule has 1 amide bonds. The molecule has 0 bridgehead atoms. The molecule has 3 aromatic rings. The van der Waals surface area contributed by atoms with Crippen LogP contribution in [-0.4, -0.2) is 46.5 Å². The van der Waals surface area contributed by atoms with Gasteiger partial charge < -0.3 is 5.11 Å². The fourth-order valence-electron chi connectivity index (χ4n) is 4.81. The highest BCUT2D eigenvalue weighted by molar-refractivity contribution is 6.12. The number of piperidine rings is 1. The molecule has 0 saturated carbocycles. The first kappa shape index (κ1) is 19.5. The number of hydrogen-bond donors (Lipinski definition) is 1. The number of amides is 1. The summed E-state index contributed by atoms with van der Waals surface area (Å²) in [5.41, 5.74) is 3.32. The van der Waals surface area contributed by atoms with Crippen molar-refractivity contribution >= 4 is 23.4 Å². The second kappa shape index (κ2) is 7.63. The Bertz CT molecular complexity index is 1120. The fraction of sp³-hybridized carbons (Fsp3) is 0.240. The molecule has 6 heteroatoms. The van der Waals surface area contributed by atoms with Gasteiger partial charge in [-0.05, 0) is 42.2 Å². The van der Waals surface area contributed by atoms with Gasteiger partial charge in [0.25, 0.3) is 0 Å². The number of anilines is 2. The molecule has 5 rings (SSSR count). The van der Waals surface area contributed by atoms with E-state index in [1.165, 1.54) is 0 Å². The maximum Gasteiger partial charge on any atom is 0.317 e. The third kappa shape index (κ3) is 3.29. The van der Waals surface area contributed by atoms with Crippen LogP contribution < -0.4 is 4.90 Å². The number of nitrogens with zero attached hydrogens (tertiary/aromatic N) is 3. The Morgan fingerprint density at radius 2 is 1.61 bits per heavy atom. The number of hydrogen-bond acceptors (Lipinski definition) is 4. The normalized spacial score (nSPS) is 17.7. The fourth-order valence-corrected chi connectivity index (χ4v) is 4.81. The molecular formula is C25H23N3O3. The van der Waals surface area contributed by atoms with Crippen LogP contribution in [0, 0.1) is 0 Å². The van der Waals surface area contributed by atoms with Crippen molar-refractivity contribution in [2.45, 2.75) is 18.3 Å². The molecule has 1 spiro atoms. The van der Waals surface area contributed by atoms with Gasteiger partial charge in [0, 0.05) is 24.8 Å². The summed E-state index contributed by atoms with van der Waals surface area (Å²) in [6, 6.07) is 22.0. The molecule has 1 aromatic heterocycles. The summed E-state index contributed by atoms with van der Waals surface area (Å²) in [5, 5.41) is 9.10. The summed E-state index contributed by atoms with van der Waals surface area (Å²) in [5.74, 6) is -0.119. The van der Waals surface area contributed by atoms with Crippen molar-refractivity contribution in [1.29, 1.82) is 0 Å². The maximum atomic E-state index is 13.8. The Morgan fingerprint density at radius 3 is 2.29 bits per heavy atom. The van der Waals surface area contributed by atoms with Crippen molar-refractivity contribution in [3.63, 3.8) is 0 Å². The second-order valence-electron chi connectivity index (χ2n) is 8.18. The standard InChI is InChI=1S/C25H23N3O3/c29-22(30)17-27-15-12-25(13-16-27)21-7-4-14-26-23(21)28(24(25)31)20-10-8-19(9-11-20)18-5-2-1-3-6-18/h1-11,14H,12-13,15-17H2,(H,29,30). The number of pyridine rings is 1. The van der Waals surface area contributed by atoms with E-state index in [-0.39, 0.29) is 12.5 Å². The number of carboxylic acid groups (broad SMARTS) is 1. The Hall–Kier alpha value is -3.51. The number of likely N-dealkylation sites (tertiary alicyclic amines) is 1. The summed E-state index contributed by atoms with van der Waals surface area (Å²) in [6.45, 7) is 1.16. The topological polar surface area (TPSA) is 73.7 Å². The van der Waals surface area contributed by atoms with Crippen molar-refractivity contribution in [3.05, 3.63) is 78.5 Å². The van der Waals surface area contributed by atoms with Gasteiger partial charge in [-0.3, -0.25) is 19.4 Å². The van der Waals surface area contributed by atoms with Gasteiger partial charge in [0.05, 0.1) is 17.6 Å². The van der Waals surface area contributed by atoms with E-state index in [0.29, 0.717) is 31.7 Å².